The SMILES string of the molecule is N[C@@H]1CCCN(C(=O)c2nccc3ccccc23)C1. The van der Waals surface area contributed by atoms with E-state index in [0.717, 1.165) is 30.2 Å². The molecule has 1 amide bonds. The van der Waals surface area contributed by atoms with E-state index in [0.29, 0.717) is 12.2 Å². The third kappa shape index (κ3) is 2.31. The summed E-state index contributed by atoms with van der Waals surface area (Å²) in [5.74, 6) is -0.00745. The van der Waals surface area contributed by atoms with Crippen LogP contribution in [0.25, 0.3) is 10.8 Å². The highest BCUT2D eigenvalue weighted by Gasteiger charge is 2.24. The molecule has 0 spiro atoms. The Morgan fingerprint density at radius 2 is 2.16 bits per heavy atom. The molecule has 0 unspecified atom stereocenters. The molecule has 98 valence electrons. The highest BCUT2D eigenvalue weighted by Crippen LogP contribution is 2.19. The molecule has 2 aromatic rings. The van der Waals surface area contributed by atoms with Crippen LogP contribution in [0.3, 0.4) is 0 Å². The topological polar surface area (TPSA) is 59.2 Å². The largest absolute Gasteiger partial charge is 0.336 e. The molecule has 1 fully saturated rings. The van der Waals surface area contributed by atoms with E-state index in [9.17, 15) is 4.79 Å². The van der Waals surface area contributed by atoms with Gasteiger partial charge in [-0.2, -0.15) is 0 Å². The first kappa shape index (κ1) is 12.1. The lowest BCUT2D eigenvalue weighted by Crippen LogP contribution is -2.45. The van der Waals surface area contributed by atoms with Gasteiger partial charge in [-0.25, -0.2) is 0 Å². The predicted molar refractivity (Wildman–Crippen MR) is 74.9 cm³/mol. The van der Waals surface area contributed by atoms with Gasteiger partial charge in [-0.3, -0.25) is 9.78 Å². The van der Waals surface area contributed by atoms with Crippen LogP contribution < -0.4 is 5.73 Å². The van der Waals surface area contributed by atoms with Crippen molar-refractivity contribution in [3.05, 3.63) is 42.2 Å². The van der Waals surface area contributed by atoms with E-state index in [1.165, 1.54) is 0 Å². The molecule has 1 aromatic heterocycles. The Kier molecular flexibility index (Phi) is 3.17. The molecule has 0 bridgehead atoms. The highest BCUT2D eigenvalue weighted by atomic mass is 16.2. The molecule has 2 N–H and O–H groups in total. The molecule has 1 atom stereocenters. The van der Waals surface area contributed by atoms with Crippen molar-refractivity contribution < 1.29 is 4.79 Å². The molecule has 1 saturated heterocycles. The highest BCUT2D eigenvalue weighted by molar-refractivity contribution is 6.05. The molecule has 4 heteroatoms. The van der Waals surface area contributed by atoms with Crippen LogP contribution in [0.4, 0.5) is 0 Å². The zero-order valence-electron chi connectivity index (χ0n) is 10.7. The zero-order chi connectivity index (χ0) is 13.2. The summed E-state index contributed by atoms with van der Waals surface area (Å²) >= 11 is 0. The van der Waals surface area contributed by atoms with E-state index < -0.39 is 0 Å². The summed E-state index contributed by atoms with van der Waals surface area (Å²) in [7, 11) is 0. The summed E-state index contributed by atoms with van der Waals surface area (Å²) in [6.45, 7) is 1.40. The molecule has 1 aliphatic rings. The van der Waals surface area contributed by atoms with Gasteiger partial charge in [-0.1, -0.05) is 24.3 Å². The fourth-order valence-electron chi connectivity index (χ4n) is 2.63. The van der Waals surface area contributed by atoms with Crippen LogP contribution in [0.2, 0.25) is 0 Å². The van der Waals surface area contributed by atoms with Gasteiger partial charge >= 0.3 is 0 Å². The zero-order valence-corrected chi connectivity index (χ0v) is 10.7. The van der Waals surface area contributed by atoms with E-state index in [-0.39, 0.29) is 11.9 Å². The van der Waals surface area contributed by atoms with Crippen LogP contribution in [0, 0.1) is 0 Å². The Morgan fingerprint density at radius 1 is 1.32 bits per heavy atom. The number of nitrogens with two attached hydrogens (primary N) is 1. The second-order valence-corrected chi connectivity index (χ2v) is 5.03. The van der Waals surface area contributed by atoms with Crippen LogP contribution in [0.15, 0.2) is 36.5 Å². The van der Waals surface area contributed by atoms with Crippen LogP contribution in [-0.4, -0.2) is 34.9 Å². The molecule has 1 aromatic carbocycles. The van der Waals surface area contributed by atoms with Crippen molar-refractivity contribution in [3.63, 3.8) is 0 Å². The summed E-state index contributed by atoms with van der Waals surface area (Å²) in [5.41, 5.74) is 6.47. The summed E-state index contributed by atoms with van der Waals surface area (Å²) in [6, 6.07) is 9.85. The molecule has 19 heavy (non-hydrogen) atoms. The number of carbonyl (C=O) groups excluding carboxylic acids is 1. The van der Waals surface area contributed by atoms with Crippen LogP contribution in [0.1, 0.15) is 23.3 Å². The minimum Gasteiger partial charge on any atom is -0.336 e. The number of fused-ring (bicyclic) bond motifs is 1. The Balaban J connectivity index is 1.97. The Labute approximate surface area is 112 Å². The average molecular weight is 255 g/mol. The summed E-state index contributed by atoms with van der Waals surface area (Å²) < 4.78 is 0. The minimum atomic E-state index is -0.00745. The number of pyridine rings is 1. The van der Waals surface area contributed by atoms with Crippen molar-refractivity contribution in [2.45, 2.75) is 18.9 Å². The Hall–Kier alpha value is -1.94. The van der Waals surface area contributed by atoms with Crippen molar-refractivity contribution in [1.29, 1.82) is 0 Å². The van der Waals surface area contributed by atoms with Crippen LogP contribution in [0.5, 0.6) is 0 Å². The van der Waals surface area contributed by atoms with Gasteiger partial charge in [0.05, 0.1) is 0 Å². The number of rotatable bonds is 1. The smallest absolute Gasteiger partial charge is 0.273 e. The molecule has 1 aliphatic heterocycles. The first-order valence-electron chi connectivity index (χ1n) is 6.64. The molecule has 0 aliphatic carbocycles. The van der Waals surface area contributed by atoms with E-state index >= 15 is 0 Å². The van der Waals surface area contributed by atoms with Crippen LogP contribution in [-0.2, 0) is 0 Å². The van der Waals surface area contributed by atoms with Gasteiger partial charge < -0.3 is 10.6 Å². The number of hydrogen-bond acceptors (Lipinski definition) is 3. The first-order valence-corrected chi connectivity index (χ1v) is 6.64. The average Bonchev–Trinajstić information content (AvgIpc) is 2.46. The van der Waals surface area contributed by atoms with Crippen molar-refractivity contribution >= 4 is 16.7 Å². The second kappa shape index (κ2) is 4.97. The Morgan fingerprint density at radius 3 is 3.00 bits per heavy atom. The summed E-state index contributed by atoms with van der Waals surface area (Å²) in [6.07, 6.45) is 3.66. The van der Waals surface area contributed by atoms with Crippen molar-refractivity contribution in [2.75, 3.05) is 13.1 Å². The first-order chi connectivity index (χ1) is 9.25. The van der Waals surface area contributed by atoms with Gasteiger partial charge in [0.15, 0.2) is 0 Å². The number of piperidine rings is 1. The van der Waals surface area contributed by atoms with E-state index in [2.05, 4.69) is 4.98 Å². The minimum absolute atomic E-state index is 0.00745. The van der Waals surface area contributed by atoms with Crippen molar-refractivity contribution in [1.82, 2.24) is 9.88 Å². The summed E-state index contributed by atoms with van der Waals surface area (Å²) in [4.78, 5) is 18.7. The molecule has 0 saturated carbocycles. The fraction of sp³-hybridized carbons (Fsp3) is 0.333. The molecule has 3 rings (SSSR count). The number of amides is 1. The lowest BCUT2D eigenvalue weighted by atomic mass is 10.0. The predicted octanol–water partition coefficient (Wildman–Crippen LogP) is 1.80. The van der Waals surface area contributed by atoms with Gasteiger partial charge in [0, 0.05) is 30.7 Å². The molecular formula is C15H17N3O. The van der Waals surface area contributed by atoms with Gasteiger partial charge in [-0.05, 0) is 24.3 Å². The molecule has 0 radical (unpaired) electrons. The third-order valence-corrected chi connectivity index (χ3v) is 3.62. The number of aromatic nitrogens is 1. The fourth-order valence-corrected chi connectivity index (χ4v) is 2.63. The van der Waals surface area contributed by atoms with Crippen molar-refractivity contribution in [2.24, 2.45) is 5.73 Å². The van der Waals surface area contributed by atoms with E-state index in [1.807, 2.05) is 35.2 Å². The van der Waals surface area contributed by atoms with Gasteiger partial charge in [-0.15, -0.1) is 0 Å². The molecule has 2 heterocycles. The van der Waals surface area contributed by atoms with Crippen molar-refractivity contribution in [3.8, 4) is 0 Å². The number of hydrogen-bond donors (Lipinski definition) is 1. The maximum absolute atomic E-state index is 12.6. The quantitative estimate of drug-likeness (QED) is 0.845. The maximum atomic E-state index is 12.6. The Bertz CT molecular complexity index is 606. The normalized spacial score (nSPS) is 19.6. The molecular weight excluding hydrogens is 238 g/mol. The summed E-state index contributed by atoms with van der Waals surface area (Å²) in [5, 5.41) is 1.95. The lowest BCUT2D eigenvalue weighted by Gasteiger charge is -2.30. The number of nitrogens with zero attached hydrogens (tertiary/aromatic N) is 2. The maximum Gasteiger partial charge on any atom is 0.273 e. The second-order valence-electron chi connectivity index (χ2n) is 5.03. The number of benzene rings is 1. The third-order valence-electron chi connectivity index (χ3n) is 3.62. The monoisotopic (exact) mass is 255 g/mol. The van der Waals surface area contributed by atoms with Crippen LogP contribution >= 0.6 is 0 Å². The van der Waals surface area contributed by atoms with Gasteiger partial charge in [0.25, 0.3) is 5.91 Å². The van der Waals surface area contributed by atoms with E-state index in [1.54, 1.807) is 6.20 Å². The van der Waals surface area contributed by atoms with E-state index in [4.69, 9.17) is 5.73 Å². The molecule has 4 nitrogen and oxygen atoms in total. The van der Waals surface area contributed by atoms with Gasteiger partial charge in [0.2, 0.25) is 0 Å². The number of carbonyl (C=O) groups is 1. The lowest BCUT2D eigenvalue weighted by molar-refractivity contribution is 0.0705. The van der Waals surface area contributed by atoms with Gasteiger partial charge in [0.1, 0.15) is 5.69 Å². The number of likely N-dealkylation sites (tertiary alicyclic amines) is 1. The standard InChI is InChI=1S/C15H17N3O/c16-12-5-3-9-18(10-12)15(19)14-13-6-2-1-4-11(13)7-8-17-14/h1-2,4,6-8,12H,3,5,9-10,16H2/t12-/m1/s1.